The first-order valence-electron chi connectivity index (χ1n) is 10.4. The zero-order valence-corrected chi connectivity index (χ0v) is 18.2. The van der Waals surface area contributed by atoms with E-state index in [1.807, 2.05) is 0 Å². The Morgan fingerprint density at radius 2 is 1.63 bits per heavy atom. The van der Waals surface area contributed by atoms with Gasteiger partial charge < -0.3 is 10.1 Å². The average Bonchev–Trinajstić information content (AvgIpc) is 2.81. The molecule has 0 aliphatic heterocycles. The number of ether oxygens (including phenoxy) is 1. The fraction of sp³-hybridized carbons (Fsp3) is 0.208. The normalized spacial score (nSPS) is 12.2. The second kappa shape index (κ2) is 9.49. The number of pyridine rings is 3. The summed E-state index contributed by atoms with van der Waals surface area (Å²) in [7, 11) is 0. The molecule has 0 aliphatic rings. The molecule has 0 spiro atoms. The van der Waals surface area contributed by atoms with E-state index in [4.69, 9.17) is 4.74 Å². The van der Waals surface area contributed by atoms with E-state index in [0.717, 1.165) is 18.2 Å². The number of hydrogen-bond acceptors (Lipinski definition) is 5. The van der Waals surface area contributed by atoms with Crippen LogP contribution in [0.4, 0.5) is 37.7 Å². The van der Waals surface area contributed by atoms with Crippen LogP contribution >= 0.6 is 0 Å². The van der Waals surface area contributed by atoms with E-state index in [-0.39, 0.29) is 23.6 Å². The standard InChI is InChI=1S/C24H18F6N4O/c1-2-35-13-16-12-20(32-15-7-5-14(6-8-15)23(25,26)27)17-9-10-19(34-22(17)33-16)21-18(24(28,29)30)4-3-11-31-21/h3-12H,2,13H2,1H3,(H,32,33,34). The fourth-order valence-electron chi connectivity index (χ4n) is 3.41. The number of nitrogens with one attached hydrogen (secondary N) is 1. The van der Waals surface area contributed by atoms with Crippen LogP contribution in [0.1, 0.15) is 23.7 Å². The smallest absolute Gasteiger partial charge is 0.375 e. The molecule has 4 aromatic rings. The highest BCUT2D eigenvalue weighted by molar-refractivity contribution is 5.92. The highest BCUT2D eigenvalue weighted by atomic mass is 19.4. The number of rotatable bonds is 6. The van der Waals surface area contributed by atoms with Crippen molar-refractivity contribution in [2.75, 3.05) is 11.9 Å². The molecule has 35 heavy (non-hydrogen) atoms. The van der Waals surface area contributed by atoms with Crippen LogP contribution in [0.3, 0.4) is 0 Å². The highest BCUT2D eigenvalue weighted by Gasteiger charge is 2.34. The molecule has 4 rings (SSSR count). The molecule has 0 radical (unpaired) electrons. The van der Waals surface area contributed by atoms with Crippen molar-refractivity contribution in [2.45, 2.75) is 25.9 Å². The molecular weight excluding hydrogens is 474 g/mol. The lowest BCUT2D eigenvalue weighted by atomic mass is 10.1. The minimum atomic E-state index is -4.63. The van der Waals surface area contributed by atoms with Crippen LogP contribution < -0.4 is 5.32 Å². The molecule has 182 valence electrons. The number of halogens is 6. The third kappa shape index (κ3) is 5.51. The van der Waals surface area contributed by atoms with Gasteiger partial charge in [0.05, 0.1) is 34.8 Å². The molecular formula is C24H18F6N4O. The van der Waals surface area contributed by atoms with Crippen LogP contribution in [-0.4, -0.2) is 21.6 Å². The van der Waals surface area contributed by atoms with Crippen LogP contribution in [0.5, 0.6) is 0 Å². The Balaban J connectivity index is 1.78. The lowest BCUT2D eigenvalue weighted by Crippen LogP contribution is -2.09. The first-order valence-corrected chi connectivity index (χ1v) is 10.4. The quantitative estimate of drug-likeness (QED) is 0.294. The maximum atomic E-state index is 13.5. The van der Waals surface area contributed by atoms with E-state index in [2.05, 4.69) is 20.3 Å². The number of anilines is 2. The number of alkyl halides is 6. The molecule has 3 aromatic heterocycles. The Morgan fingerprint density at radius 3 is 2.29 bits per heavy atom. The van der Waals surface area contributed by atoms with Gasteiger partial charge in [0.1, 0.15) is 5.69 Å². The Bertz CT molecular complexity index is 1340. The van der Waals surface area contributed by atoms with E-state index < -0.39 is 23.5 Å². The van der Waals surface area contributed by atoms with E-state index in [9.17, 15) is 26.3 Å². The predicted molar refractivity (Wildman–Crippen MR) is 118 cm³/mol. The van der Waals surface area contributed by atoms with Gasteiger partial charge in [0.2, 0.25) is 0 Å². The van der Waals surface area contributed by atoms with Crippen molar-refractivity contribution in [1.29, 1.82) is 0 Å². The summed E-state index contributed by atoms with van der Waals surface area (Å²) >= 11 is 0. The molecule has 5 nitrogen and oxygen atoms in total. The lowest BCUT2D eigenvalue weighted by Gasteiger charge is -2.14. The molecule has 1 aromatic carbocycles. The van der Waals surface area contributed by atoms with Crippen molar-refractivity contribution in [3.8, 4) is 11.4 Å². The van der Waals surface area contributed by atoms with Crippen molar-refractivity contribution >= 4 is 22.4 Å². The van der Waals surface area contributed by atoms with Gasteiger partial charge in [-0.15, -0.1) is 0 Å². The van der Waals surface area contributed by atoms with Gasteiger partial charge in [0.25, 0.3) is 0 Å². The van der Waals surface area contributed by atoms with Gasteiger partial charge in [-0.25, -0.2) is 9.97 Å². The van der Waals surface area contributed by atoms with Gasteiger partial charge in [-0.2, -0.15) is 26.3 Å². The van der Waals surface area contributed by atoms with Gasteiger partial charge in [0, 0.05) is 23.9 Å². The van der Waals surface area contributed by atoms with Crippen LogP contribution in [-0.2, 0) is 23.7 Å². The number of hydrogen-bond donors (Lipinski definition) is 1. The van der Waals surface area contributed by atoms with Crippen molar-refractivity contribution in [1.82, 2.24) is 15.0 Å². The molecule has 0 fully saturated rings. The van der Waals surface area contributed by atoms with Crippen molar-refractivity contribution in [2.24, 2.45) is 0 Å². The lowest BCUT2D eigenvalue weighted by molar-refractivity contribution is -0.138. The van der Waals surface area contributed by atoms with E-state index in [1.54, 1.807) is 13.0 Å². The minimum absolute atomic E-state index is 0.0213. The van der Waals surface area contributed by atoms with Gasteiger partial charge in [-0.1, -0.05) is 0 Å². The molecule has 3 heterocycles. The Kier molecular flexibility index (Phi) is 6.62. The summed E-state index contributed by atoms with van der Waals surface area (Å²) in [5.41, 5.74) is -0.671. The Labute approximate surface area is 195 Å². The van der Waals surface area contributed by atoms with E-state index >= 15 is 0 Å². The van der Waals surface area contributed by atoms with E-state index in [0.29, 0.717) is 29.1 Å². The number of aromatic nitrogens is 3. The average molecular weight is 492 g/mol. The van der Waals surface area contributed by atoms with Crippen molar-refractivity contribution < 1.29 is 31.1 Å². The summed E-state index contributed by atoms with van der Waals surface area (Å²) < 4.78 is 84.5. The summed E-state index contributed by atoms with van der Waals surface area (Å²) in [5.74, 6) is 0. The third-order valence-corrected chi connectivity index (χ3v) is 5.03. The summed E-state index contributed by atoms with van der Waals surface area (Å²) in [4.78, 5) is 12.6. The maximum absolute atomic E-state index is 13.5. The van der Waals surface area contributed by atoms with Gasteiger partial charge in [0.15, 0.2) is 5.65 Å². The van der Waals surface area contributed by atoms with Crippen LogP contribution in [0.15, 0.2) is 60.8 Å². The summed E-state index contributed by atoms with van der Waals surface area (Å²) in [6.07, 6.45) is -7.85. The SMILES string of the molecule is CCOCc1cc(Nc2ccc(C(F)(F)F)cc2)c2ccc(-c3ncccc3C(F)(F)F)nc2n1. The van der Waals surface area contributed by atoms with Crippen LogP contribution in [0, 0.1) is 0 Å². The Morgan fingerprint density at radius 1 is 0.886 bits per heavy atom. The van der Waals surface area contributed by atoms with E-state index in [1.165, 1.54) is 36.5 Å². The molecule has 0 saturated carbocycles. The molecule has 0 saturated heterocycles. The third-order valence-electron chi connectivity index (χ3n) is 5.03. The molecule has 0 atom stereocenters. The second-order valence-electron chi connectivity index (χ2n) is 7.46. The summed E-state index contributed by atoms with van der Waals surface area (Å²) in [5, 5.41) is 3.50. The summed E-state index contributed by atoms with van der Waals surface area (Å²) in [6, 6.07) is 11.1. The zero-order chi connectivity index (χ0) is 25.2. The zero-order valence-electron chi connectivity index (χ0n) is 18.2. The highest BCUT2D eigenvalue weighted by Crippen LogP contribution is 2.36. The van der Waals surface area contributed by atoms with Crippen LogP contribution in [0.25, 0.3) is 22.4 Å². The molecule has 0 unspecified atom stereocenters. The molecule has 0 amide bonds. The van der Waals surface area contributed by atoms with Gasteiger partial charge in [-0.05, 0) is 61.5 Å². The maximum Gasteiger partial charge on any atom is 0.418 e. The molecule has 0 aliphatic carbocycles. The summed E-state index contributed by atoms with van der Waals surface area (Å²) in [6.45, 7) is 2.30. The molecule has 1 N–H and O–H groups in total. The largest absolute Gasteiger partial charge is 0.418 e. The molecule has 0 bridgehead atoms. The Hall–Kier alpha value is -3.73. The monoisotopic (exact) mass is 492 g/mol. The number of fused-ring (bicyclic) bond motifs is 1. The van der Waals surface area contributed by atoms with Crippen molar-refractivity contribution in [3.63, 3.8) is 0 Å². The topological polar surface area (TPSA) is 59.9 Å². The second-order valence-corrected chi connectivity index (χ2v) is 7.46. The fourth-order valence-corrected chi connectivity index (χ4v) is 3.41. The first-order chi connectivity index (χ1) is 16.6. The van der Waals surface area contributed by atoms with Gasteiger partial charge in [-0.3, -0.25) is 4.98 Å². The minimum Gasteiger partial charge on any atom is -0.375 e. The predicted octanol–water partition coefficient (Wildman–Crippen LogP) is 7.01. The first kappa shape index (κ1) is 24.4. The molecule has 11 heteroatoms. The van der Waals surface area contributed by atoms with Crippen LogP contribution in [0.2, 0.25) is 0 Å². The number of nitrogens with zero attached hydrogens (tertiary/aromatic N) is 3. The number of benzene rings is 1. The van der Waals surface area contributed by atoms with Gasteiger partial charge >= 0.3 is 12.4 Å². The van der Waals surface area contributed by atoms with Crippen molar-refractivity contribution in [3.05, 3.63) is 77.6 Å².